The number of fused-ring (bicyclic) bond motifs is 2. The molecule has 3 aliphatic rings. The number of likely N-dealkylation sites (tertiary alicyclic amines) is 1. The lowest BCUT2D eigenvalue weighted by Gasteiger charge is -2.34. The summed E-state index contributed by atoms with van der Waals surface area (Å²) in [6.45, 7) is 5.81. The Bertz CT molecular complexity index is 2140. The first kappa shape index (κ1) is 43.8. The summed E-state index contributed by atoms with van der Waals surface area (Å²) in [7, 11) is -17.6. The van der Waals surface area contributed by atoms with E-state index in [1.807, 2.05) is 31.7 Å². The molecule has 4 unspecified atom stereocenters. The molecule has 1 aromatic rings. The average Bonchev–Trinajstić information content (AvgIpc) is 3.40. The first-order chi connectivity index (χ1) is 24.9. The predicted molar refractivity (Wildman–Crippen MR) is 204 cm³/mol. The van der Waals surface area contributed by atoms with Crippen LogP contribution in [0.1, 0.15) is 77.7 Å². The highest BCUT2D eigenvalue weighted by molar-refractivity contribution is 7.89. The molecule has 302 valence electrons. The van der Waals surface area contributed by atoms with Gasteiger partial charge in [0.25, 0.3) is 40.5 Å². The molecule has 0 saturated carbocycles. The van der Waals surface area contributed by atoms with Crippen LogP contribution in [-0.4, -0.2) is 99.7 Å². The fourth-order valence-electron chi connectivity index (χ4n) is 8.24. The molecule has 4 rings (SSSR count). The largest absolute Gasteiger partial charge is 0.371 e. The van der Waals surface area contributed by atoms with Crippen LogP contribution in [0.3, 0.4) is 0 Å². The molecule has 4 N–H and O–H groups in total. The summed E-state index contributed by atoms with van der Waals surface area (Å²) in [6.07, 6.45) is 15.1. The molecule has 1 saturated heterocycles. The van der Waals surface area contributed by atoms with Crippen molar-refractivity contribution in [3.8, 4) is 0 Å². The zero-order valence-corrected chi connectivity index (χ0v) is 33.7. The van der Waals surface area contributed by atoms with Gasteiger partial charge in [0.2, 0.25) is 0 Å². The molecule has 2 aliphatic heterocycles. The average molecular weight is 835 g/mol. The minimum absolute atomic E-state index is 0.0732. The summed E-state index contributed by atoms with van der Waals surface area (Å²) in [5.74, 6) is -1.43. The summed E-state index contributed by atoms with van der Waals surface area (Å²) in [5.41, 5.74) is 0.432. The molecular formula is C35H50N2O13S4. The van der Waals surface area contributed by atoms with Crippen molar-refractivity contribution in [1.29, 1.82) is 0 Å². The van der Waals surface area contributed by atoms with E-state index in [0.717, 1.165) is 18.4 Å². The molecule has 15 nitrogen and oxygen atoms in total. The Hall–Kier alpha value is -2.91. The standard InChI is InChI=1S/C35H50N2O13S4/c1-34(2)28-24-26(53(45,46)47)14-16-30(28)37(20-23-52(42,43)44)32(34)12-7-6-8-13-33-35(3,18-9-4-5-10-21-38)29-25-27(54(48,49)50)15-17-31(29)36(33)19-11-22-51(39,40)41/h6-8,12-14,16,21,24-25,29,31-32H,4-5,9-11,15,17-20,22-23H2,1-3H3,(H,39,40,41)(H,42,43,44)(H,45,46,47)(H,48,49,50)/b8-6+,12-7+,33-13-. The lowest BCUT2D eigenvalue weighted by Crippen LogP contribution is -2.42. The Kier molecular flexibility index (Phi) is 13.5. The maximum absolute atomic E-state index is 12.2. The van der Waals surface area contributed by atoms with Crippen molar-refractivity contribution in [2.24, 2.45) is 11.3 Å². The number of hydrogen-bond donors (Lipinski definition) is 4. The number of benzene rings is 1. The van der Waals surface area contributed by atoms with Crippen LogP contribution < -0.4 is 4.90 Å². The SMILES string of the molecule is CC1(CCCCCC=O)/C(=C/C=C/C=C/C2N(CCS(=O)(=O)O)c3ccc(S(=O)(=O)O)cc3C2(C)C)N(CCCS(=O)(=O)O)C2CCC(S(=O)(=O)O)=CC21. The third-order valence-electron chi connectivity index (χ3n) is 10.9. The van der Waals surface area contributed by atoms with Crippen molar-refractivity contribution in [3.63, 3.8) is 0 Å². The third kappa shape index (κ3) is 10.5. The molecule has 0 bridgehead atoms. The van der Waals surface area contributed by atoms with Gasteiger partial charge in [0.15, 0.2) is 0 Å². The van der Waals surface area contributed by atoms with Crippen LogP contribution in [0.4, 0.5) is 5.69 Å². The van der Waals surface area contributed by atoms with E-state index in [9.17, 15) is 56.7 Å². The van der Waals surface area contributed by atoms with Gasteiger partial charge in [-0.05, 0) is 61.9 Å². The minimum atomic E-state index is -4.53. The summed E-state index contributed by atoms with van der Waals surface area (Å²) >= 11 is 0. The molecule has 19 heteroatoms. The smallest absolute Gasteiger partial charge is 0.294 e. The second kappa shape index (κ2) is 16.7. The number of allylic oxidation sites excluding steroid dienone is 6. The Morgan fingerprint density at radius 2 is 1.48 bits per heavy atom. The molecule has 4 atom stereocenters. The number of carbonyl (C=O) groups excluding carboxylic acids is 1. The number of hydrogen-bond acceptors (Lipinski definition) is 11. The Labute approximate surface area is 318 Å². The van der Waals surface area contributed by atoms with Gasteiger partial charge in [-0.3, -0.25) is 18.2 Å². The molecule has 0 amide bonds. The molecular weight excluding hydrogens is 785 g/mol. The van der Waals surface area contributed by atoms with Gasteiger partial charge in [0.1, 0.15) is 6.29 Å². The van der Waals surface area contributed by atoms with E-state index in [1.54, 1.807) is 35.3 Å². The predicted octanol–water partition coefficient (Wildman–Crippen LogP) is 4.58. The number of nitrogens with zero attached hydrogens (tertiary/aromatic N) is 2. The molecule has 54 heavy (non-hydrogen) atoms. The van der Waals surface area contributed by atoms with E-state index in [4.69, 9.17) is 0 Å². The van der Waals surface area contributed by atoms with E-state index in [2.05, 4.69) is 0 Å². The normalized spacial score (nSPS) is 25.4. The van der Waals surface area contributed by atoms with Gasteiger partial charge in [0, 0.05) is 53.7 Å². The fourth-order valence-corrected chi connectivity index (χ4v) is 10.4. The zero-order chi connectivity index (χ0) is 40.3. The van der Waals surface area contributed by atoms with Gasteiger partial charge < -0.3 is 14.6 Å². The van der Waals surface area contributed by atoms with E-state index >= 15 is 0 Å². The maximum atomic E-state index is 12.2. The number of aldehydes is 1. The molecule has 1 aliphatic carbocycles. The molecule has 1 fully saturated rings. The van der Waals surface area contributed by atoms with Gasteiger partial charge in [0.05, 0.1) is 27.3 Å². The van der Waals surface area contributed by atoms with Gasteiger partial charge in [-0.2, -0.15) is 33.7 Å². The van der Waals surface area contributed by atoms with Crippen LogP contribution >= 0.6 is 0 Å². The molecule has 0 spiro atoms. The van der Waals surface area contributed by atoms with Crippen LogP contribution in [-0.2, 0) is 50.7 Å². The molecule has 0 radical (unpaired) electrons. The lowest BCUT2D eigenvalue weighted by atomic mass is 9.69. The van der Waals surface area contributed by atoms with Crippen molar-refractivity contribution in [1.82, 2.24) is 4.90 Å². The van der Waals surface area contributed by atoms with Crippen LogP contribution in [0, 0.1) is 11.3 Å². The highest BCUT2D eigenvalue weighted by Crippen LogP contribution is 2.55. The van der Waals surface area contributed by atoms with Gasteiger partial charge in [-0.25, -0.2) is 0 Å². The number of carbonyl (C=O) groups is 1. The summed E-state index contributed by atoms with van der Waals surface area (Å²) in [6, 6.07) is 3.30. The fraction of sp³-hybridized carbons (Fsp3) is 0.571. The quantitative estimate of drug-likeness (QED) is 0.0685. The Morgan fingerprint density at radius 3 is 2.09 bits per heavy atom. The van der Waals surface area contributed by atoms with Gasteiger partial charge in [-0.15, -0.1) is 0 Å². The summed E-state index contributed by atoms with van der Waals surface area (Å²) in [4.78, 5) is 14.3. The highest BCUT2D eigenvalue weighted by atomic mass is 32.2. The Balaban J connectivity index is 1.73. The van der Waals surface area contributed by atoms with Crippen molar-refractivity contribution < 1.29 is 56.7 Å². The highest BCUT2D eigenvalue weighted by Gasteiger charge is 2.53. The van der Waals surface area contributed by atoms with Crippen molar-refractivity contribution in [2.75, 3.05) is 29.5 Å². The van der Waals surface area contributed by atoms with Crippen LogP contribution in [0.5, 0.6) is 0 Å². The van der Waals surface area contributed by atoms with Crippen LogP contribution in [0.15, 0.2) is 70.2 Å². The molecule has 1 aromatic carbocycles. The van der Waals surface area contributed by atoms with E-state index in [-0.39, 0.29) is 47.7 Å². The van der Waals surface area contributed by atoms with Crippen LogP contribution in [0.25, 0.3) is 0 Å². The van der Waals surface area contributed by atoms with Crippen molar-refractivity contribution in [3.05, 3.63) is 70.8 Å². The van der Waals surface area contributed by atoms with Crippen molar-refractivity contribution >= 4 is 52.4 Å². The molecule has 0 aromatic heterocycles. The molecule has 2 heterocycles. The first-order valence-electron chi connectivity index (χ1n) is 17.6. The topological polar surface area (TPSA) is 241 Å². The van der Waals surface area contributed by atoms with Gasteiger partial charge in [-0.1, -0.05) is 64.0 Å². The number of anilines is 1. The van der Waals surface area contributed by atoms with E-state index in [0.29, 0.717) is 43.4 Å². The number of unbranched alkanes of at least 4 members (excludes halogenated alkanes) is 3. The lowest BCUT2D eigenvalue weighted by molar-refractivity contribution is -0.107. The van der Waals surface area contributed by atoms with E-state index < -0.39 is 68.9 Å². The van der Waals surface area contributed by atoms with Gasteiger partial charge >= 0.3 is 0 Å². The minimum Gasteiger partial charge on any atom is -0.371 e. The summed E-state index contributed by atoms with van der Waals surface area (Å²) < 4.78 is 134. The second-order valence-electron chi connectivity index (χ2n) is 14.9. The third-order valence-corrected chi connectivity index (χ3v) is 14.2. The van der Waals surface area contributed by atoms with Crippen molar-refractivity contribution in [2.45, 2.75) is 94.5 Å². The zero-order valence-electron chi connectivity index (χ0n) is 30.5. The second-order valence-corrected chi connectivity index (χ2v) is 20.9. The van der Waals surface area contributed by atoms with E-state index in [1.165, 1.54) is 18.2 Å². The van der Waals surface area contributed by atoms with Crippen LogP contribution in [0.2, 0.25) is 0 Å². The Morgan fingerprint density at radius 1 is 0.796 bits per heavy atom. The summed E-state index contributed by atoms with van der Waals surface area (Å²) in [5, 5.41) is 0. The maximum Gasteiger partial charge on any atom is 0.294 e. The monoisotopic (exact) mass is 834 g/mol. The number of rotatable bonds is 18. The first-order valence-corrected chi connectivity index (χ1v) is 23.7.